The number of alkyl halides is 1. The van der Waals surface area contributed by atoms with Crippen molar-refractivity contribution >= 4 is 22.5 Å². The topological polar surface area (TPSA) is 36.7 Å². The van der Waals surface area contributed by atoms with Gasteiger partial charge >= 0.3 is 0 Å². The average Bonchev–Trinajstić information content (AvgIpc) is 2.30. The van der Waals surface area contributed by atoms with E-state index in [-0.39, 0.29) is 0 Å². The van der Waals surface area contributed by atoms with E-state index in [0.717, 1.165) is 22.0 Å². The van der Waals surface area contributed by atoms with Gasteiger partial charge in [0.1, 0.15) is 0 Å². The van der Waals surface area contributed by atoms with Gasteiger partial charge in [-0.1, -0.05) is 18.2 Å². The lowest BCUT2D eigenvalue weighted by Crippen LogP contribution is -1.91. The van der Waals surface area contributed by atoms with Crippen LogP contribution in [-0.4, -0.2) is 4.98 Å². The highest BCUT2D eigenvalue weighted by atomic mass is 35.5. The van der Waals surface area contributed by atoms with E-state index >= 15 is 0 Å². The van der Waals surface area contributed by atoms with Crippen molar-refractivity contribution in [2.45, 2.75) is 12.3 Å². The minimum Gasteiger partial charge on any atom is -0.256 e. The van der Waals surface area contributed by atoms with Gasteiger partial charge in [-0.3, -0.25) is 4.98 Å². The summed E-state index contributed by atoms with van der Waals surface area (Å²) in [5.74, 6) is 0.445. The second-order valence-electron chi connectivity index (χ2n) is 3.25. The number of nitrogens with zero attached hydrogens (tertiary/aromatic N) is 2. The Labute approximate surface area is 93.1 Å². The van der Waals surface area contributed by atoms with E-state index in [1.54, 1.807) is 6.20 Å². The second kappa shape index (κ2) is 4.29. The normalized spacial score (nSPS) is 10.1. The highest BCUT2D eigenvalue weighted by Crippen LogP contribution is 2.22. The van der Waals surface area contributed by atoms with E-state index in [9.17, 15) is 0 Å². The Morgan fingerprint density at radius 1 is 1.27 bits per heavy atom. The molecule has 0 aliphatic heterocycles. The van der Waals surface area contributed by atoms with Gasteiger partial charge < -0.3 is 0 Å². The zero-order valence-corrected chi connectivity index (χ0v) is 8.83. The molecule has 0 saturated heterocycles. The number of nitriles is 1. The summed E-state index contributed by atoms with van der Waals surface area (Å²) >= 11 is 5.83. The molecule has 0 saturated carbocycles. The Morgan fingerprint density at radius 3 is 2.80 bits per heavy atom. The number of hydrogen-bond donors (Lipinski definition) is 0. The highest BCUT2D eigenvalue weighted by Gasteiger charge is 2.05. The molecule has 74 valence electrons. The van der Waals surface area contributed by atoms with E-state index < -0.39 is 0 Å². The quantitative estimate of drug-likeness (QED) is 0.724. The number of benzene rings is 1. The molecule has 0 amide bonds. The average molecular weight is 217 g/mol. The fourth-order valence-electron chi connectivity index (χ4n) is 1.64. The lowest BCUT2D eigenvalue weighted by Gasteiger charge is -2.05. The van der Waals surface area contributed by atoms with Crippen molar-refractivity contribution in [1.29, 1.82) is 5.26 Å². The van der Waals surface area contributed by atoms with E-state index in [4.69, 9.17) is 16.9 Å². The van der Waals surface area contributed by atoms with Crippen molar-refractivity contribution < 1.29 is 0 Å². The predicted molar refractivity (Wildman–Crippen MR) is 60.6 cm³/mol. The Hall–Kier alpha value is -1.59. The summed E-state index contributed by atoms with van der Waals surface area (Å²) in [5.41, 5.74) is 2.92. The molecule has 15 heavy (non-hydrogen) atoms. The molecule has 0 N–H and O–H groups in total. The SMILES string of the molecule is N#CCc1ccc(CCl)c2ncccc12. The largest absolute Gasteiger partial charge is 0.256 e. The monoisotopic (exact) mass is 216 g/mol. The molecular formula is C12H9ClN2. The minimum absolute atomic E-state index is 0.407. The van der Waals surface area contributed by atoms with Gasteiger partial charge in [0.15, 0.2) is 0 Å². The number of halogens is 1. The lowest BCUT2D eigenvalue weighted by molar-refractivity contribution is 1.26. The van der Waals surface area contributed by atoms with Crippen LogP contribution in [-0.2, 0) is 12.3 Å². The first-order chi connectivity index (χ1) is 7.36. The molecule has 1 heterocycles. The van der Waals surface area contributed by atoms with Crippen LogP contribution in [0.25, 0.3) is 10.9 Å². The minimum atomic E-state index is 0.407. The van der Waals surface area contributed by atoms with Gasteiger partial charge in [0.05, 0.1) is 18.0 Å². The molecule has 1 aromatic carbocycles. The molecule has 0 unspecified atom stereocenters. The number of hydrogen-bond acceptors (Lipinski definition) is 2. The van der Waals surface area contributed by atoms with Crippen molar-refractivity contribution in [3.63, 3.8) is 0 Å². The molecule has 0 aliphatic rings. The van der Waals surface area contributed by atoms with Crippen LogP contribution in [0.1, 0.15) is 11.1 Å². The molecule has 0 aliphatic carbocycles. The molecule has 1 aromatic heterocycles. The fraction of sp³-hybridized carbons (Fsp3) is 0.167. The maximum absolute atomic E-state index is 8.71. The molecule has 0 bridgehead atoms. The predicted octanol–water partition coefficient (Wildman–Crippen LogP) is 3.04. The van der Waals surface area contributed by atoms with E-state index in [1.165, 1.54) is 0 Å². The van der Waals surface area contributed by atoms with Crippen LogP contribution in [0.5, 0.6) is 0 Å². The van der Waals surface area contributed by atoms with Crippen LogP contribution in [0, 0.1) is 11.3 Å². The third-order valence-corrected chi connectivity index (χ3v) is 2.64. The van der Waals surface area contributed by atoms with Crippen molar-refractivity contribution in [2.24, 2.45) is 0 Å². The molecule has 0 spiro atoms. The summed E-state index contributed by atoms with van der Waals surface area (Å²) in [6.45, 7) is 0. The van der Waals surface area contributed by atoms with Gasteiger partial charge in [-0.05, 0) is 17.2 Å². The van der Waals surface area contributed by atoms with Gasteiger partial charge in [-0.25, -0.2) is 0 Å². The smallest absolute Gasteiger partial charge is 0.0749 e. The summed E-state index contributed by atoms with van der Waals surface area (Å²) in [7, 11) is 0. The zero-order chi connectivity index (χ0) is 10.7. The number of fused-ring (bicyclic) bond motifs is 1. The van der Waals surface area contributed by atoms with Crippen LogP contribution in [0.4, 0.5) is 0 Å². The van der Waals surface area contributed by atoms with Crippen LogP contribution < -0.4 is 0 Å². The molecule has 2 aromatic rings. The van der Waals surface area contributed by atoms with E-state index in [1.807, 2.05) is 24.3 Å². The van der Waals surface area contributed by atoms with E-state index in [2.05, 4.69) is 11.1 Å². The van der Waals surface area contributed by atoms with Gasteiger partial charge in [0.25, 0.3) is 0 Å². The van der Waals surface area contributed by atoms with Crippen molar-refractivity contribution in [3.05, 3.63) is 41.6 Å². The first-order valence-corrected chi connectivity index (χ1v) is 5.18. The Balaban J connectivity index is 2.72. The Kier molecular flexibility index (Phi) is 2.84. The fourth-order valence-corrected chi connectivity index (χ4v) is 1.85. The van der Waals surface area contributed by atoms with Gasteiger partial charge in [-0.15, -0.1) is 11.6 Å². The third kappa shape index (κ3) is 1.79. The molecule has 3 heteroatoms. The molecule has 0 fully saturated rings. The molecular weight excluding hydrogens is 208 g/mol. The van der Waals surface area contributed by atoms with Gasteiger partial charge in [-0.2, -0.15) is 5.26 Å². The summed E-state index contributed by atoms with van der Waals surface area (Å²) in [5, 5.41) is 9.73. The van der Waals surface area contributed by atoms with Crippen LogP contribution in [0.2, 0.25) is 0 Å². The molecule has 0 atom stereocenters. The first-order valence-electron chi connectivity index (χ1n) is 4.65. The van der Waals surface area contributed by atoms with Crippen LogP contribution in [0.3, 0.4) is 0 Å². The van der Waals surface area contributed by atoms with Crippen molar-refractivity contribution in [1.82, 2.24) is 4.98 Å². The Morgan fingerprint density at radius 2 is 2.07 bits per heavy atom. The summed E-state index contributed by atoms with van der Waals surface area (Å²) < 4.78 is 0. The maximum Gasteiger partial charge on any atom is 0.0749 e. The standard InChI is InChI=1S/C12H9ClN2/c13-8-10-4-3-9(5-6-14)11-2-1-7-15-12(10)11/h1-4,7H,5,8H2. The van der Waals surface area contributed by atoms with Gasteiger partial charge in [0.2, 0.25) is 0 Å². The van der Waals surface area contributed by atoms with Crippen LogP contribution in [0.15, 0.2) is 30.5 Å². The summed E-state index contributed by atoms with van der Waals surface area (Å²) in [6, 6.07) is 9.90. The molecule has 2 nitrogen and oxygen atoms in total. The van der Waals surface area contributed by atoms with Crippen molar-refractivity contribution in [2.75, 3.05) is 0 Å². The third-order valence-electron chi connectivity index (χ3n) is 2.36. The molecule has 2 rings (SSSR count). The maximum atomic E-state index is 8.71. The van der Waals surface area contributed by atoms with Crippen molar-refractivity contribution in [3.8, 4) is 6.07 Å². The number of rotatable bonds is 2. The first kappa shape index (κ1) is 9.95. The summed E-state index contributed by atoms with van der Waals surface area (Å²) in [6.07, 6.45) is 2.15. The summed E-state index contributed by atoms with van der Waals surface area (Å²) in [4.78, 5) is 4.30. The second-order valence-corrected chi connectivity index (χ2v) is 3.52. The number of aromatic nitrogens is 1. The van der Waals surface area contributed by atoms with Crippen LogP contribution >= 0.6 is 11.6 Å². The number of pyridine rings is 1. The Bertz CT molecular complexity index is 529. The molecule has 0 radical (unpaired) electrons. The zero-order valence-electron chi connectivity index (χ0n) is 8.07. The lowest BCUT2D eigenvalue weighted by atomic mass is 10.0. The van der Waals surface area contributed by atoms with Gasteiger partial charge in [0, 0.05) is 17.5 Å². The van der Waals surface area contributed by atoms with E-state index in [0.29, 0.717) is 12.3 Å². The highest BCUT2D eigenvalue weighted by molar-refractivity contribution is 6.17.